The zero-order valence-corrected chi connectivity index (χ0v) is 9.49. The third-order valence-electron chi connectivity index (χ3n) is 0. The Labute approximate surface area is 165 Å². The first-order valence-corrected chi connectivity index (χ1v) is 2.10. The van der Waals surface area contributed by atoms with Crippen molar-refractivity contribution in [2.75, 3.05) is 0 Å². The molecule has 0 saturated carbocycles. The molecule has 0 amide bonds. The van der Waals surface area contributed by atoms with Gasteiger partial charge in [-0.15, -0.1) is 0 Å². The van der Waals surface area contributed by atoms with Crippen LogP contribution in [0, 0.1) is 0 Å². The molecule has 0 aromatic heterocycles. The zero-order chi connectivity index (χ0) is 4.50. The van der Waals surface area contributed by atoms with E-state index in [1.54, 1.807) is 0 Å². The summed E-state index contributed by atoms with van der Waals surface area (Å²) >= 11 is 0. The van der Waals surface area contributed by atoms with Crippen molar-refractivity contribution in [1.29, 1.82) is 0 Å². The molecule has 0 aliphatic heterocycles. The molecule has 125 valence electrons. The van der Waals surface area contributed by atoms with Crippen molar-refractivity contribution in [1.82, 2.24) is 0 Å². The number of hydrogen-bond acceptors (Lipinski definition) is 2. The Balaban J connectivity index is -0.000000000879. The molecule has 0 aliphatic rings. The van der Waals surface area contributed by atoms with Gasteiger partial charge in [0.15, 0.2) is 0 Å². The summed E-state index contributed by atoms with van der Waals surface area (Å²) in [6, 6.07) is 0. The van der Waals surface area contributed by atoms with E-state index in [-0.39, 0.29) is 139 Å². The van der Waals surface area contributed by atoms with Crippen LogP contribution >= 0.6 is 0 Å². The molecule has 0 heterocycles. The van der Waals surface area contributed by atoms with Crippen LogP contribution in [-0.2, 0) is 27.5 Å². The maximum atomic E-state index is 8.74. The van der Waals surface area contributed by atoms with Crippen LogP contribution in [0.1, 0.15) is 0 Å². The second kappa shape index (κ2) is 111. The maximum absolute atomic E-state index is 8.74. The minimum absolute atomic E-state index is 0. The molecule has 0 unspecified atom stereocenters. The summed E-state index contributed by atoms with van der Waals surface area (Å²) in [7, 11) is -4.67. The van der Waals surface area contributed by atoms with Gasteiger partial charge in [0.25, 0.3) is 0 Å². The van der Waals surface area contributed by atoms with E-state index in [1.165, 1.54) is 0 Å². The first-order valence-electron chi connectivity index (χ1n) is 0.698. The number of hydrogen-bond donors (Lipinski definition) is 2. The molecule has 19 heavy (non-hydrogen) atoms. The van der Waals surface area contributed by atoms with Crippen molar-refractivity contribution < 1.29 is 89.4 Å². The predicted molar refractivity (Wildman–Crippen MR) is 71.8 cm³/mol. The van der Waals surface area contributed by atoms with Gasteiger partial charge in [-0.1, -0.05) is 0 Å². The van der Waals surface area contributed by atoms with E-state index in [1.807, 2.05) is 0 Å². The van der Waals surface area contributed by atoms with Crippen molar-refractivity contribution in [3.63, 3.8) is 0 Å². The van der Waals surface area contributed by atoms with E-state index in [4.69, 9.17) is 17.5 Å². The molecule has 0 aliphatic carbocycles. The van der Waals surface area contributed by atoms with Gasteiger partial charge in [-0.25, -0.2) is 0 Å². The third kappa shape index (κ3) is 1400. The Hall–Kier alpha value is 2.18. The van der Waals surface area contributed by atoms with Crippen molar-refractivity contribution in [3.8, 4) is 0 Å². The average molecular weight is 373 g/mol. The van der Waals surface area contributed by atoms with Crippen LogP contribution in [0.5, 0.6) is 0 Å². The molecule has 14 nitrogen and oxygen atoms in total. The SMILES string of the molecule is O.O.O.O.O.O.O.O.O.O.O=S(=O)(O)O.[LiH].[LiH].[Mn].[NaH]. The Morgan fingerprint density at radius 1 is 0.526 bits per heavy atom. The summed E-state index contributed by atoms with van der Waals surface area (Å²) < 4.78 is 31.6. The van der Waals surface area contributed by atoms with Gasteiger partial charge in [-0.2, -0.15) is 8.42 Å². The summed E-state index contributed by atoms with van der Waals surface area (Å²) in [4.78, 5) is 0. The van der Waals surface area contributed by atoms with E-state index in [0.717, 1.165) is 0 Å². The van der Waals surface area contributed by atoms with Gasteiger partial charge in [-0.3, -0.25) is 9.11 Å². The molecule has 0 saturated heterocycles. The van der Waals surface area contributed by atoms with E-state index in [0.29, 0.717) is 0 Å². The van der Waals surface area contributed by atoms with Crippen LogP contribution in [0.25, 0.3) is 0 Å². The molecule has 22 N–H and O–H groups in total. The van der Waals surface area contributed by atoms with E-state index >= 15 is 0 Å². The van der Waals surface area contributed by atoms with Crippen molar-refractivity contribution in [2.24, 2.45) is 0 Å². The second-order valence-corrected chi connectivity index (χ2v) is 1.34. The molecule has 0 bridgehead atoms. The van der Waals surface area contributed by atoms with E-state index < -0.39 is 10.4 Å². The molecule has 19 heteroatoms. The zero-order valence-electron chi connectivity index (χ0n) is 7.50. The quantitative estimate of drug-likeness (QED) is 0.308. The molecule has 0 aromatic rings. The fraction of sp³-hybridized carbons (Fsp3) is 0. The Bertz CT molecular complexity index is 109. The molecule has 0 atom stereocenters. The van der Waals surface area contributed by atoms with Gasteiger partial charge in [0.1, 0.15) is 0 Å². The van der Waals surface area contributed by atoms with Gasteiger partial charge in [0.05, 0.1) is 0 Å². The van der Waals surface area contributed by atoms with Crippen LogP contribution in [0.3, 0.4) is 0 Å². The molecule has 1 radical (unpaired) electrons. The second-order valence-electron chi connectivity index (χ2n) is 0.448. The Morgan fingerprint density at radius 3 is 0.526 bits per heavy atom. The summed E-state index contributed by atoms with van der Waals surface area (Å²) in [5, 5.41) is 0. The molecule has 0 spiro atoms. The van der Waals surface area contributed by atoms with Crippen molar-refractivity contribution in [2.45, 2.75) is 0 Å². The number of rotatable bonds is 0. The van der Waals surface area contributed by atoms with E-state index in [9.17, 15) is 0 Å². The first kappa shape index (κ1) is 226. The third-order valence-corrected chi connectivity index (χ3v) is 0. The summed E-state index contributed by atoms with van der Waals surface area (Å²) in [5.74, 6) is 0. The predicted octanol–water partition coefficient (Wildman–Crippen LogP) is -10.8. The minimum atomic E-state index is -4.67. The molecular weight excluding hydrogens is 348 g/mol. The van der Waals surface area contributed by atoms with Gasteiger partial charge in [0, 0.05) is 17.1 Å². The monoisotopic (exact) mass is 373 g/mol. The molecule has 0 aromatic carbocycles. The Morgan fingerprint density at radius 2 is 0.526 bits per heavy atom. The van der Waals surface area contributed by atoms with Crippen molar-refractivity contribution in [3.05, 3.63) is 0 Å². The van der Waals surface area contributed by atoms with Crippen molar-refractivity contribution >= 4 is 77.7 Å². The van der Waals surface area contributed by atoms with E-state index in [2.05, 4.69) is 0 Å². The van der Waals surface area contributed by atoms with Gasteiger partial charge in [-0.05, 0) is 0 Å². The van der Waals surface area contributed by atoms with Gasteiger partial charge >= 0.3 is 77.7 Å². The van der Waals surface area contributed by atoms with Gasteiger partial charge in [0.2, 0.25) is 0 Å². The van der Waals surface area contributed by atoms with Crippen LogP contribution in [0.15, 0.2) is 0 Å². The molecule has 0 fully saturated rings. The first-order chi connectivity index (χ1) is 2.00. The van der Waals surface area contributed by atoms with Crippen LogP contribution in [-0.4, -0.2) is 140 Å². The summed E-state index contributed by atoms with van der Waals surface area (Å²) in [5.41, 5.74) is 0. The normalized spacial score (nSPS) is 3.05. The van der Waals surface area contributed by atoms with Crippen LogP contribution < -0.4 is 0 Å². The van der Waals surface area contributed by atoms with Crippen LogP contribution in [0.4, 0.5) is 0 Å². The standard InChI is InChI=1S/2Li.Mn.Na.H2O4S.10H2O.3H/c;;;;1-5(2,3)4;;;;;;;;;;;;;/h;;;;(H2,1,2,3,4);10*1H2;;;. The summed E-state index contributed by atoms with van der Waals surface area (Å²) in [6.07, 6.45) is 0. The Kier molecular flexibility index (Phi) is 1320. The fourth-order valence-electron chi connectivity index (χ4n) is 0. The molecule has 0 rings (SSSR count). The van der Waals surface area contributed by atoms with Gasteiger partial charge < -0.3 is 54.8 Å². The molecular formula is H25Li2MnNaO14S. The fourth-order valence-corrected chi connectivity index (χ4v) is 0. The average Bonchev–Trinajstić information content (AvgIpc) is 0.722. The summed E-state index contributed by atoms with van der Waals surface area (Å²) in [6.45, 7) is 0. The van der Waals surface area contributed by atoms with Crippen LogP contribution in [0.2, 0.25) is 0 Å². The topological polar surface area (TPSA) is 390 Å².